The molecule has 108 valence electrons. The average Bonchev–Trinajstić information content (AvgIpc) is 2.91. The lowest BCUT2D eigenvalue weighted by Crippen LogP contribution is -2.30. The van der Waals surface area contributed by atoms with E-state index in [9.17, 15) is 12.8 Å². The van der Waals surface area contributed by atoms with Gasteiger partial charge in [0.2, 0.25) is 0 Å². The molecule has 0 aliphatic carbocycles. The van der Waals surface area contributed by atoms with Gasteiger partial charge in [0.15, 0.2) is 0 Å². The van der Waals surface area contributed by atoms with Crippen molar-refractivity contribution >= 4 is 38.6 Å². The van der Waals surface area contributed by atoms with E-state index in [0.29, 0.717) is 5.69 Å². The third kappa shape index (κ3) is 2.97. The maximum Gasteiger partial charge on any atom is 0.265 e. The van der Waals surface area contributed by atoms with E-state index in [4.69, 9.17) is 11.6 Å². The van der Waals surface area contributed by atoms with Crippen LogP contribution >= 0.6 is 22.9 Å². The number of thiophene rings is 1. The molecule has 0 spiro atoms. The summed E-state index contributed by atoms with van der Waals surface area (Å²) in [4.78, 5) is 1.00. The second-order valence-corrected chi connectivity index (χ2v) is 7.15. The standard InChI is InChI=1S/C13H13ClFNO2S2/c1-2-16(11-5-3-10(15)4-6-11)20(17,18)13-7-12(8-14)19-9-13/h3-7,9H,2,8H2,1H3. The minimum Gasteiger partial charge on any atom is -0.267 e. The highest BCUT2D eigenvalue weighted by Crippen LogP contribution is 2.27. The number of nitrogens with zero attached hydrogens (tertiary/aromatic N) is 1. The number of hydrogen-bond acceptors (Lipinski definition) is 3. The molecule has 0 aliphatic heterocycles. The Labute approximate surface area is 126 Å². The summed E-state index contributed by atoms with van der Waals surface area (Å²) in [5.74, 6) is -0.120. The van der Waals surface area contributed by atoms with Gasteiger partial charge in [-0.15, -0.1) is 22.9 Å². The van der Waals surface area contributed by atoms with E-state index in [2.05, 4.69) is 0 Å². The summed E-state index contributed by atoms with van der Waals surface area (Å²) in [6, 6.07) is 6.95. The van der Waals surface area contributed by atoms with E-state index in [1.54, 1.807) is 18.4 Å². The zero-order valence-electron chi connectivity index (χ0n) is 10.7. The molecule has 1 aromatic carbocycles. The summed E-state index contributed by atoms with van der Waals surface area (Å²) in [6.07, 6.45) is 0. The number of hydrogen-bond donors (Lipinski definition) is 0. The Bertz CT molecular complexity index is 683. The largest absolute Gasteiger partial charge is 0.267 e. The molecule has 3 nitrogen and oxygen atoms in total. The molecule has 1 heterocycles. The van der Waals surface area contributed by atoms with Crippen LogP contribution in [0.2, 0.25) is 0 Å². The highest BCUT2D eigenvalue weighted by atomic mass is 35.5. The van der Waals surface area contributed by atoms with Crippen molar-refractivity contribution in [2.75, 3.05) is 10.8 Å². The lowest BCUT2D eigenvalue weighted by Gasteiger charge is -2.22. The monoisotopic (exact) mass is 333 g/mol. The fourth-order valence-electron chi connectivity index (χ4n) is 1.79. The first kappa shape index (κ1) is 15.3. The Balaban J connectivity index is 2.41. The molecule has 0 radical (unpaired) electrons. The van der Waals surface area contributed by atoms with E-state index in [0.717, 1.165) is 4.88 Å². The van der Waals surface area contributed by atoms with Crippen LogP contribution in [0.5, 0.6) is 0 Å². The van der Waals surface area contributed by atoms with E-state index < -0.39 is 15.8 Å². The SMILES string of the molecule is CCN(c1ccc(F)cc1)S(=O)(=O)c1csc(CCl)c1. The molecule has 7 heteroatoms. The van der Waals surface area contributed by atoms with Crippen LogP contribution in [0.1, 0.15) is 11.8 Å². The molecule has 0 bridgehead atoms. The van der Waals surface area contributed by atoms with Crippen molar-refractivity contribution in [3.63, 3.8) is 0 Å². The highest BCUT2D eigenvalue weighted by Gasteiger charge is 2.24. The van der Waals surface area contributed by atoms with Crippen molar-refractivity contribution in [2.24, 2.45) is 0 Å². The zero-order valence-corrected chi connectivity index (χ0v) is 13.1. The van der Waals surface area contributed by atoms with Gasteiger partial charge in [0.1, 0.15) is 5.82 Å². The predicted molar refractivity (Wildman–Crippen MR) is 80.5 cm³/mol. The first-order valence-electron chi connectivity index (χ1n) is 5.90. The van der Waals surface area contributed by atoms with Crippen LogP contribution in [0.4, 0.5) is 10.1 Å². The quantitative estimate of drug-likeness (QED) is 0.780. The Morgan fingerprint density at radius 1 is 1.30 bits per heavy atom. The summed E-state index contributed by atoms with van der Waals surface area (Å²) in [5, 5.41) is 1.57. The predicted octanol–water partition coefficient (Wildman–Crippen LogP) is 3.84. The van der Waals surface area contributed by atoms with Gasteiger partial charge in [-0.2, -0.15) is 0 Å². The van der Waals surface area contributed by atoms with Crippen LogP contribution in [0.15, 0.2) is 40.6 Å². The topological polar surface area (TPSA) is 37.4 Å². The lowest BCUT2D eigenvalue weighted by atomic mass is 10.3. The maximum absolute atomic E-state index is 12.9. The maximum atomic E-state index is 12.9. The van der Waals surface area contributed by atoms with E-state index in [1.807, 2.05) is 0 Å². The molecule has 0 fully saturated rings. The fraction of sp³-hybridized carbons (Fsp3) is 0.231. The zero-order chi connectivity index (χ0) is 14.8. The summed E-state index contributed by atoms with van der Waals surface area (Å²) in [7, 11) is -3.64. The van der Waals surface area contributed by atoms with Crippen molar-refractivity contribution < 1.29 is 12.8 Å². The van der Waals surface area contributed by atoms with Gasteiger partial charge in [-0.3, -0.25) is 4.31 Å². The first-order valence-corrected chi connectivity index (χ1v) is 8.76. The summed E-state index contributed by atoms with van der Waals surface area (Å²) in [5.41, 5.74) is 0.438. The third-order valence-electron chi connectivity index (χ3n) is 2.75. The van der Waals surface area contributed by atoms with E-state index >= 15 is 0 Å². The number of anilines is 1. The Kier molecular flexibility index (Phi) is 4.67. The van der Waals surface area contributed by atoms with Crippen molar-refractivity contribution in [1.82, 2.24) is 0 Å². The summed E-state index contributed by atoms with van der Waals surface area (Å²) < 4.78 is 39.3. The molecule has 0 amide bonds. The summed E-state index contributed by atoms with van der Waals surface area (Å²) in [6.45, 7) is 2.00. The number of alkyl halides is 1. The van der Waals surface area contributed by atoms with Crippen LogP contribution in [0.3, 0.4) is 0 Å². The minimum atomic E-state index is -3.64. The van der Waals surface area contributed by atoms with Crippen LogP contribution < -0.4 is 4.31 Å². The molecular formula is C13H13ClFNO2S2. The van der Waals surface area contributed by atoms with Gasteiger partial charge in [-0.25, -0.2) is 12.8 Å². The molecule has 0 N–H and O–H groups in total. The highest BCUT2D eigenvalue weighted by molar-refractivity contribution is 7.93. The molecule has 0 aliphatic rings. The number of benzene rings is 1. The second-order valence-electron chi connectivity index (χ2n) is 4.03. The van der Waals surface area contributed by atoms with Gasteiger partial charge in [-0.1, -0.05) is 0 Å². The van der Waals surface area contributed by atoms with Gasteiger partial charge < -0.3 is 0 Å². The molecular weight excluding hydrogens is 321 g/mol. The molecule has 0 saturated carbocycles. The molecule has 2 rings (SSSR count). The van der Waals surface area contributed by atoms with Gasteiger partial charge in [0.05, 0.1) is 16.5 Å². The van der Waals surface area contributed by atoms with Gasteiger partial charge in [-0.05, 0) is 37.3 Å². The normalized spacial score (nSPS) is 11.6. The van der Waals surface area contributed by atoms with E-state index in [-0.39, 0.29) is 17.3 Å². The molecule has 2 aromatic rings. The number of rotatable bonds is 5. The number of halogens is 2. The third-order valence-corrected chi connectivity index (χ3v) is 6.16. The van der Waals surface area contributed by atoms with Crippen molar-refractivity contribution in [2.45, 2.75) is 17.7 Å². The molecule has 20 heavy (non-hydrogen) atoms. The first-order chi connectivity index (χ1) is 9.48. The molecule has 0 atom stereocenters. The summed E-state index contributed by atoms with van der Waals surface area (Å²) >= 11 is 7.00. The average molecular weight is 334 g/mol. The Morgan fingerprint density at radius 3 is 2.45 bits per heavy atom. The van der Waals surface area contributed by atoms with Crippen molar-refractivity contribution in [3.05, 3.63) is 46.4 Å². The Morgan fingerprint density at radius 2 is 1.95 bits per heavy atom. The Hall–Kier alpha value is -1.11. The van der Waals surface area contributed by atoms with Crippen molar-refractivity contribution in [1.29, 1.82) is 0 Å². The fourth-order valence-corrected chi connectivity index (χ4v) is 4.64. The van der Waals surface area contributed by atoms with Crippen LogP contribution in [-0.4, -0.2) is 15.0 Å². The minimum absolute atomic E-state index is 0.212. The lowest BCUT2D eigenvalue weighted by molar-refractivity contribution is 0.592. The van der Waals surface area contributed by atoms with Gasteiger partial charge >= 0.3 is 0 Å². The molecule has 0 saturated heterocycles. The van der Waals surface area contributed by atoms with E-state index in [1.165, 1.54) is 39.9 Å². The van der Waals surface area contributed by atoms with Crippen LogP contribution in [0, 0.1) is 5.82 Å². The smallest absolute Gasteiger partial charge is 0.265 e. The number of sulfonamides is 1. The second kappa shape index (κ2) is 6.11. The van der Waals surface area contributed by atoms with Gasteiger partial charge in [0.25, 0.3) is 10.0 Å². The molecule has 0 unspecified atom stereocenters. The van der Waals surface area contributed by atoms with Crippen LogP contribution in [0.25, 0.3) is 0 Å². The molecule has 1 aromatic heterocycles. The van der Waals surface area contributed by atoms with Crippen molar-refractivity contribution in [3.8, 4) is 0 Å². The van der Waals surface area contributed by atoms with Crippen LogP contribution in [-0.2, 0) is 15.9 Å². The van der Waals surface area contributed by atoms with Gasteiger partial charge in [0, 0.05) is 16.8 Å².